The molecule has 5 heteroatoms. The number of amides is 1. The first kappa shape index (κ1) is 16.9. The lowest BCUT2D eigenvalue weighted by atomic mass is 9.98. The molecule has 0 spiro atoms. The molecule has 0 aliphatic carbocycles. The summed E-state index contributed by atoms with van der Waals surface area (Å²) in [5.41, 5.74) is 5.03. The van der Waals surface area contributed by atoms with Crippen LogP contribution >= 0.6 is 0 Å². The minimum Gasteiger partial charge on any atom is -0.480 e. The van der Waals surface area contributed by atoms with Crippen LogP contribution in [0.15, 0.2) is 0 Å². The first-order valence-electron chi connectivity index (χ1n) is 6.75. The lowest BCUT2D eigenvalue weighted by molar-refractivity contribution is -0.139. The Labute approximate surface area is 109 Å². The fourth-order valence-corrected chi connectivity index (χ4v) is 1.85. The molecule has 0 fully saturated rings. The summed E-state index contributed by atoms with van der Waals surface area (Å²) in [6, 6.07) is -0.673. The third-order valence-electron chi connectivity index (χ3n) is 3.17. The summed E-state index contributed by atoms with van der Waals surface area (Å²) in [4.78, 5) is 21.7. The number of hydrogen-bond donors (Lipinski definition) is 3. The highest BCUT2D eigenvalue weighted by Gasteiger charge is 2.18. The zero-order valence-electron chi connectivity index (χ0n) is 11.4. The van der Waals surface area contributed by atoms with Crippen molar-refractivity contribution in [3.8, 4) is 0 Å². The molecule has 0 saturated heterocycles. The predicted molar refractivity (Wildman–Crippen MR) is 71.2 cm³/mol. The number of carboxylic acids is 1. The van der Waals surface area contributed by atoms with Crippen LogP contribution in [-0.4, -0.2) is 29.6 Å². The lowest BCUT2D eigenvalue weighted by Gasteiger charge is -2.19. The van der Waals surface area contributed by atoms with Crippen molar-refractivity contribution in [3.63, 3.8) is 0 Å². The van der Waals surface area contributed by atoms with E-state index in [1.807, 2.05) is 0 Å². The van der Waals surface area contributed by atoms with Crippen LogP contribution in [0.3, 0.4) is 0 Å². The predicted octanol–water partition coefficient (Wildman–Crippen LogP) is 1.51. The number of unbranched alkanes of at least 4 members (excludes halogenated alkanes) is 1. The highest BCUT2D eigenvalue weighted by molar-refractivity contribution is 5.77. The second-order valence-electron chi connectivity index (χ2n) is 4.72. The molecule has 2 atom stereocenters. The summed E-state index contributed by atoms with van der Waals surface area (Å²) in [5.74, 6) is -0.872. The van der Waals surface area contributed by atoms with E-state index in [1.54, 1.807) is 0 Å². The maximum Gasteiger partial charge on any atom is 0.320 e. The van der Waals surface area contributed by atoms with E-state index in [1.165, 1.54) is 6.42 Å². The fourth-order valence-electron chi connectivity index (χ4n) is 1.85. The molecular formula is C13H26N2O3. The molecule has 0 saturated carbocycles. The molecule has 0 aromatic rings. The molecule has 0 aliphatic heterocycles. The van der Waals surface area contributed by atoms with Gasteiger partial charge in [0, 0.05) is 6.42 Å². The molecular weight excluding hydrogens is 232 g/mol. The van der Waals surface area contributed by atoms with Gasteiger partial charge in [-0.25, -0.2) is 0 Å². The van der Waals surface area contributed by atoms with Gasteiger partial charge in [0.15, 0.2) is 0 Å². The minimum absolute atomic E-state index is 0.107. The molecule has 1 amide bonds. The molecule has 18 heavy (non-hydrogen) atoms. The number of carbonyl (C=O) groups excluding carboxylic acids is 1. The van der Waals surface area contributed by atoms with Crippen molar-refractivity contribution >= 4 is 11.9 Å². The molecule has 5 nitrogen and oxygen atoms in total. The average Bonchev–Trinajstić information content (AvgIpc) is 2.31. The second kappa shape index (κ2) is 9.88. The van der Waals surface area contributed by atoms with Gasteiger partial charge in [-0.05, 0) is 25.3 Å². The van der Waals surface area contributed by atoms with E-state index >= 15 is 0 Å². The smallest absolute Gasteiger partial charge is 0.320 e. The highest BCUT2D eigenvalue weighted by atomic mass is 16.4. The number of hydrogen-bond acceptors (Lipinski definition) is 3. The third kappa shape index (κ3) is 8.06. The topological polar surface area (TPSA) is 92.4 Å². The minimum atomic E-state index is -0.915. The SMILES string of the molecule is CCCCC(CC)CNC(CCC(N)=O)C(=O)O. The Morgan fingerprint density at radius 3 is 2.39 bits per heavy atom. The van der Waals surface area contributed by atoms with E-state index in [0.29, 0.717) is 12.5 Å². The van der Waals surface area contributed by atoms with Crippen molar-refractivity contribution in [3.05, 3.63) is 0 Å². The van der Waals surface area contributed by atoms with Crippen molar-refractivity contribution in [1.29, 1.82) is 0 Å². The number of carboxylic acid groups (broad SMARTS) is 1. The Kier molecular flexibility index (Phi) is 9.28. The van der Waals surface area contributed by atoms with Crippen molar-refractivity contribution in [2.24, 2.45) is 11.7 Å². The number of rotatable bonds is 11. The monoisotopic (exact) mass is 258 g/mol. The van der Waals surface area contributed by atoms with Gasteiger partial charge in [-0.1, -0.05) is 33.1 Å². The van der Waals surface area contributed by atoms with Gasteiger partial charge < -0.3 is 16.2 Å². The summed E-state index contributed by atoms with van der Waals surface area (Å²) in [6.07, 6.45) is 4.83. The molecule has 0 rings (SSSR count). The van der Waals surface area contributed by atoms with E-state index < -0.39 is 17.9 Å². The Morgan fingerprint density at radius 2 is 1.94 bits per heavy atom. The molecule has 0 aromatic heterocycles. The molecule has 106 valence electrons. The van der Waals surface area contributed by atoms with Gasteiger partial charge in [-0.3, -0.25) is 9.59 Å². The molecule has 0 bridgehead atoms. The first-order valence-corrected chi connectivity index (χ1v) is 6.75. The molecule has 0 radical (unpaired) electrons. The van der Waals surface area contributed by atoms with Crippen LogP contribution in [0.25, 0.3) is 0 Å². The summed E-state index contributed by atoms with van der Waals surface area (Å²) >= 11 is 0. The van der Waals surface area contributed by atoms with Crippen LogP contribution in [-0.2, 0) is 9.59 Å². The molecule has 2 unspecified atom stereocenters. The Hall–Kier alpha value is -1.10. The summed E-state index contributed by atoms with van der Waals surface area (Å²) in [5, 5.41) is 12.1. The van der Waals surface area contributed by atoms with Crippen LogP contribution < -0.4 is 11.1 Å². The molecule has 4 N–H and O–H groups in total. The number of primary amides is 1. The van der Waals surface area contributed by atoms with Crippen LogP contribution in [0.1, 0.15) is 52.4 Å². The normalized spacial score (nSPS) is 14.1. The van der Waals surface area contributed by atoms with Crippen LogP contribution in [0, 0.1) is 5.92 Å². The van der Waals surface area contributed by atoms with Crippen LogP contribution in [0.4, 0.5) is 0 Å². The number of nitrogens with two attached hydrogens (primary N) is 1. The van der Waals surface area contributed by atoms with Crippen molar-refractivity contribution in [2.45, 2.75) is 58.4 Å². The lowest BCUT2D eigenvalue weighted by Crippen LogP contribution is -2.40. The highest BCUT2D eigenvalue weighted by Crippen LogP contribution is 2.12. The molecule has 0 aromatic carbocycles. The maximum atomic E-state index is 11.0. The van der Waals surface area contributed by atoms with E-state index in [0.717, 1.165) is 19.3 Å². The number of aliphatic carboxylic acids is 1. The van der Waals surface area contributed by atoms with Crippen LogP contribution in [0.5, 0.6) is 0 Å². The maximum absolute atomic E-state index is 11.0. The number of carbonyl (C=O) groups is 2. The number of nitrogens with one attached hydrogen (secondary N) is 1. The first-order chi connectivity index (χ1) is 8.51. The van der Waals surface area contributed by atoms with Crippen molar-refractivity contribution in [1.82, 2.24) is 5.32 Å². The second-order valence-corrected chi connectivity index (χ2v) is 4.72. The van der Waals surface area contributed by atoms with Gasteiger partial charge in [-0.2, -0.15) is 0 Å². The van der Waals surface area contributed by atoms with Gasteiger partial charge in [0.25, 0.3) is 0 Å². The van der Waals surface area contributed by atoms with E-state index in [4.69, 9.17) is 10.8 Å². The largest absolute Gasteiger partial charge is 0.480 e. The molecule has 0 aliphatic rings. The van der Waals surface area contributed by atoms with Gasteiger partial charge in [0.2, 0.25) is 5.91 Å². The van der Waals surface area contributed by atoms with Gasteiger partial charge in [-0.15, -0.1) is 0 Å². The van der Waals surface area contributed by atoms with E-state index in [9.17, 15) is 9.59 Å². The summed E-state index contributed by atoms with van der Waals surface area (Å²) < 4.78 is 0. The Balaban J connectivity index is 4.07. The fraction of sp³-hybridized carbons (Fsp3) is 0.846. The van der Waals surface area contributed by atoms with E-state index in [-0.39, 0.29) is 12.8 Å². The van der Waals surface area contributed by atoms with Gasteiger partial charge >= 0.3 is 5.97 Å². The standard InChI is InChI=1S/C13H26N2O3/c1-3-5-6-10(4-2)9-15-11(13(17)18)7-8-12(14)16/h10-11,15H,3-9H2,1-2H3,(H2,14,16)(H,17,18). The van der Waals surface area contributed by atoms with Gasteiger partial charge in [0.05, 0.1) is 0 Å². The average molecular weight is 258 g/mol. The zero-order valence-corrected chi connectivity index (χ0v) is 11.4. The quantitative estimate of drug-likeness (QED) is 0.524. The van der Waals surface area contributed by atoms with Gasteiger partial charge in [0.1, 0.15) is 6.04 Å². The van der Waals surface area contributed by atoms with Crippen molar-refractivity contribution in [2.75, 3.05) is 6.54 Å². The van der Waals surface area contributed by atoms with Crippen molar-refractivity contribution < 1.29 is 14.7 Å². The molecule has 0 heterocycles. The van der Waals surface area contributed by atoms with E-state index in [2.05, 4.69) is 19.2 Å². The summed E-state index contributed by atoms with van der Waals surface area (Å²) in [6.45, 7) is 4.94. The van der Waals surface area contributed by atoms with Crippen LogP contribution in [0.2, 0.25) is 0 Å². The zero-order chi connectivity index (χ0) is 14.0. The Bertz CT molecular complexity index is 257. The summed E-state index contributed by atoms with van der Waals surface area (Å²) in [7, 11) is 0. The third-order valence-corrected chi connectivity index (χ3v) is 3.17. The Morgan fingerprint density at radius 1 is 1.28 bits per heavy atom.